The fourth-order valence-corrected chi connectivity index (χ4v) is 2.28. The fourth-order valence-electron chi connectivity index (χ4n) is 1.81. The van der Waals surface area contributed by atoms with Gasteiger partial charge in [-0.25, -0.2) is 0 Å². The Bertz CT molecular complexity index is 391. The van der Waals surface area contributed by atoms with E-state index in [1.807, 2.05) is 32.9 Å². The van der Waals surface area contributed by atoms with Crippen molar-refractivity contribution < 1.29 is 5.11 Å². The van der Waals surface area contributed by atoms with Crippen molar-refractivity contribution in [2.45, 2.75) is 45.3 Å². The summed E-state index contributed by atoms with van der Waals surface area (Å²) in [6.07, 6.45) is 1.46. The van der Waals surface area contributed by atoms with Gasteiger partial charge >= 0.3 is 0 Å². The zero-order valence-electron chi connectivity index (χ0n) is 11.1. The summed E-state index contributed by atoms with van der Waals surface area (Å²) in [6, 6.07) is 5.66. The van der Waals surface area contributed by atoms with Gasteiger partial charge in [0.25, 0.3) is 0 Å². The Morgan fingerprint density at radius 2 is 1.89 bits per heavy atom. The first-order valence-corrected chi connectivity index (χ1v) is 7.08. The van der Waals surface area contributed by atoms with Crippen LogP contribution >= 0.6 is 23.2 Å². The second kappa shape index (κ2) is 6.76. The van der Waals surface area contributed by atoms with Crippen LogP contribution in [0, 0.1) is 0 Å². The fraction of sp³-hybridized carbons (Fsp3) is 0.571. The Labute approximate surface area is 119 Å². The molecule has 1 aromatic rings. The van der Waals surface area contributed by atoms with Crippen molar-refractivity contribution in [2.24, 2.45) is 0 Å². The van der Waals surface area contributed by atoms with Gasteiger partial charge < -0.3 is 10.4 Å². The summed E-state index contributed by atoms with van der Waals surface area (Å²) in [5, 5.41) is 14.7. The van der Waals surface area contributed by atoms with Crippen molar-refractivity contribution in [2.75, 3.05) is 6.54 Å². The molecule has 102 valence electrons. The molecule has 0 aliphatic carbocycles. The van der Waals surface area contributed by atoms with Crippen LogP contribution in [0.4, 0.5) is 0 Å². The molecule has 0 radical (unpaired) electrons. The first-order valence-electron chi connectivity index (χ1n) is 6.33. The maximum Gasteiger partial charge on any atom is 0.0766 e. The Kier molecular flexibility index (Phi) is 5.93. The number of rotatable bonds is 6. The van der Waals surface area contributed by atoms with E-state index in [0.717, 1.165) is 18.4 Å². The molecule has 0 aliphatic rings. The van der Waals surface area contributed by atoms with Crippen LogP contribution < -0.4 is 5.32 Å². The van der Waals surface area contributed by atoms with Gasteiger partial charge in [-0.05, 0) is 31.4 Å². The lowest BCUT2D eigenvalue weighted by molar-refractivity contribution is 0.0303. The topological polar surface area (TPSA) is 32.3 Å². The van der Waals surface area contributed by atoms with Gasteiger partial charge in [-0.2, -0.15) is 0 Å². The molecule has 0 saturated carbocycles. The quantitative estimate of drug-likeness (QED) is 0.823. The van der Waals surface area contributed by atoms with Crippen LogP contribution in [0.3, 0.4) is 0 Å². The van der Waals surface area contributed by atoms with E-state index >= 15 is 0 Å². The Balaban J connectivity index is 2.71. The third kappa shape index (κ3) is 3.86. The van der Waals surface area contributed by atoms with Gasteiger partial charge in [-0.3, -0.25) is 0 Å². The molecule has 2 nitrogen and oxygen atoms in total. The maximum absolute atomic E-state index is 10.2. The van der Waals surface area contributed by atoms with E-state index in [1.165, 1.54) is 0 Å². The van der Waals surface area contributed by atoms with Crippen LogP contribution in [0.5, 0.6) is 0 Å². The molecular weight excluding hydrogens is 269 g/mol. The predicted octanol–water partition coefficient (Wildman–Crippen LogP) is 4.20. The molecule has 0 amide bonds. The van der Waals surface area contributed by atoms with Crippen LogP contribution in [-0.4, -0.2) is 17.3 Å². The number of aliphatic hydroxyl groups is 1. The Morgan fingerprint density at radius 3 is 2.44 bits per heavy atom. The molecule has 0 fully saturated rings. The standard InChI is InChI=1S/C14H21Cl2NO/c1-4-14(18,5-2)9-17-10(3)11-7-6-8-12(15)13(11)16/h6-8,10,17-18H,4-5,9H2,1-3H3. The van der Waals surface area contributed by atoms with Crippen molar-refractivity contribution >= 4 is 23.2 Å². The van der Waals surface area contributed by atoms with E-state index in [1.54, 1.807) is 6.07 Å². The molecule has 0 heterocycles. The number of hydrogen-bond donors (Lipinski definition) is 2. The average molecular weight is 290 g/mol. The first-order chi connectivity index (χ1) is 8.43. The van der Waals surface area contributed by atoms with Crippen molar-refractivity contribution in [3.63, 3.8) is 0 Å². The molecule has 0 saturated heterocycles. The van der Waals surface area contributed by atoms with Crippen LogP contribution in [0.1, 0.15) is 45.2 Å². The summed E-state index contributed by atoms with van der Waals surface area (Å²) < 4.78 is 0. The molecule has 0 aromatic heterocycles. The van der Waals surface area contributed by atoms with Gasteiger partial charge in [0.15, 0.2) is 0 Å². The lowest BCUT2D eigenvalue weighted by Crippen LogP contribution is -2.40. The number of nitrogens with one attached hydrogen (secondary N) is 1. The lowest BCUT2D eigenvalue weighted by Gasteiger charge is -2.28. The van der Waals surface area contributed by atoms with Gasteiger partial charge in [0.2, 0.25) is 0 Å². The zero-order valence-corrected chi connectivity index (χ0v) is 12.6. The molecule has 18 heavy (non-hydrogen) atoms. The molecular formula is C14H21Cl2NO. The summed E-state index contributed by atoms with van der Waals surface area (Å²) in [4.78, 5) is 0. The second-order valence-corrected chi connectivity index (χ2v) is 5.46. The summed E-state index contributed by atoms with van der Waals surface area (Å²) >= 11 is 12.2. The van der Waals surface area contributed by atoms with Crippen molar-refractivity contribution in [3.05, 3.63) is 33.8 Å². The van der Waals surface area contributed by atoms with E-state index in [2.05, 4.69) is 5.32 Å². The van der Waals surface area contributed by atoms with E-state index < -0.39 is 5.60 Å². The molecule has 2 N–H and O–H groups in total. The molecule has 1 unspecified atom stereocenters. The highest BCUT2D eigenvalue weighted by molar-refractivity contribution is 6.42. The highest BCUT2D eigenvalue weighted by Crippen LogP contribution is 2.30. The molecule has 0 bridgehead atoms. The van der Waals surface area contributed by atoms with E-state index in [0.29, 0.717) is 16.6 Å². The van der Waals surface area contributed by atoms with Crippen LogP contribution in [0.15, 0.2) is 18.2 Å². The molecule has 0 spiro atoms. The van der Waals surface area contributed by atoms with E-state index in [-0.39, 0.29) is 6.04 Å². The van der Waals surface area contributed by atoms with Crippen molar-refractivity contribution in [1.29, 1.82) is 0 Å². The third-order valence-corrected chi connectivity index (χ3v) is 4.34. The summed E-state index contributed by atoms with van der Waals surface area (Å²) in [5.41, 5.74) is 0.304. The normalized spacial score (nSPS) is 13.7. The van der Waals surface area contributed by atoms with Gasteiger partial charge in [0.1, 0.15) is 0 Å². The smallest absolute Gasteiger partial charge is 0.0766 e. The number of benzene rings is 1. The molecule has 0 aliphatic heterocycles. The van der Waals surface area contributed by atoms with Gasteiger partial charge in [0, 0.05) is 12.6 Å². The van der Waals surface area contributed by atoms with Crippen LogP contribution in [-0.2, 0) is 0 Å². The maximum atomic E-state index is 10.2. The molecule has 1 aromatic carbocycles. The summed E-state index contributed by atoms with van der Waals surface area (Å²) in [7, 11) is 0. The zero-order chi connectivity index (χ0) is 13.8. The van der Waals surface area contributed by atoms with Gasteiger partial charge in [0.05, 0.1) is 15.6 Å². The minimum absolute atomic E-state index is 0.0563. The summed E-state index contributed by atoms with van der Waals surface area (Å²) in [6.45, 7) is 6.54. The highest BCUT2D eigenvalue weighted by Gasteiger charge is 2.23. The first kappa shape index (κ1) is 15.8. The highest BCUT2D eigenvalue weighted by atomic mass is 35.5. The van der Waals surface area contributed by atoms with Gasteiger partial charge in [-0.15, -0.1) is 0 Å². The van der Waals surface area contributed by atoms with Crippen LogP contribution in [0.2, 0.25) is 10.0 Å². The molecule has 1 atom stereocenters. The second-order valence-electron chi connectivity index (χ2n) is 4.68. The van der Waals surface area contributed by atoms with E-state index in [4.69, 9.17) is 23.2 Å². The Morgan fingerprint density at radius 1 is 1.28 bits per heavy atom. The minimum atomic E-state index is -0.653. The van der Waals surface area contributed by atoms with E-state index in [9.17, 15) is 5.11 Å². The largest absolute Gasteiger partial charge is 0.389 e. The lowest BCUT2D eigenvalue weighted by atomic mass is 9.96. The van der Waals surface area contributed by atoms with Crippen molar-refractivity contribution in [3.8, 4) is 0 Å². The SMILES string of the molecule is CCC(O)(CC)CNC(C)c1cccc(Cl)c1Cl. The predicted molar refractivity (Wildman–Crippen MR) is 78.4 cm³/mol. The average Bonchev–Trinajstić information content (AvgIpc) is 2.39. The summed E-state index contributed by atoms with van der Waals surface area (Å²) in [5.74, 6) is 0. The Hall–Kier alpha value is -0.280. The minimum Gasteiger partial charge on any atom is -0.389 e. The van der Waals surface area contributed by atoms with Crippen molar-refractivity contribution in [1.82, 2.24) is 5.32 Å². The monoisotopic (exact) mass is 289 g/mol. The molecule has 4 heteroatoms. The van der Waals surface area contributed by atoms with Gasteiger partial charge in [-0.1, -0.05) is 49.2 Å². The molecule has 1 rings (SSSR count). The number of halogens is 2. The van der Waals surface area contributed by atoms with Crippen LogP contribution in [0.25, 0.3) is 0 Å². The third-order valence-electron chi connectivity index (χ3n) is 3.50. The number of hydrogen-bond acceptors (Lipinski definition) is 2.